The van der Waals surface area contributed by atoms with Crippen molar-refractivity contribution in [2.75, 3.05) is 38.2 Å². The number of amides is 3. The summed E-state index contributed by atoms with van der Waals surface area (Å²) in [7, 11) is 1.57. The number of carbonyl (C=O) groups is 3. The van der Waals surface area contributed by atoms with Crippen molar-refractivity contribution < 1.29 is 19.1 Å². The van der Waals surface area contributed by atoms with Crippen LogP contribution in [0.4, 0.5) is 5.69 Å². The van der Waals surface area contributed by atoms with E-state index in [4.69, 9.17) is 4.74 Å². The van der Waals surface area contributed by atoms with Crippen molar-refractivity contribution in [3.63, 3.8) is 0 Å². The number of aryl methyl sites for hydroxylation is 1. The van der Waals surface area contributed by atoms with E-state index in [9.17, 15) is 14.4 Å². The number of hydrogen-bond donors (Lipinski definition) is 1. The van der Waals surface area contributed by atoms with Gasteiger partial charge < -0.3 is 19.9 Å². The molecule has 1 N–H and O–H groups in total. The Morgan fingerprint density at radius 1 is 1.26 bits per heavy atom. The number of benzene rings is 1. The van der Waals surface area contributed by atoms with Gasteiger partial charge in [0, 0.05) is 39.0 Å². The summed E-state index contributed by atoms with van der Waals surface area (Å²) in [5.74, 6) is 0.0242. The van der Waals surface area contributed by atoms with E-state index in [2.05, 4.69) is 5.32 Å². The molecule has 2 saturated heterocycles. The molecule has 0 bridgehead atoms. The summed E-state index contributed by atoms with van der Waals surface area (Å²) in [4.78, 5) is 40.4. The summed E-state index contributed by atoms with van der Waals surface area (Å²) in [6, 6.07) is 5.64. The van der Waals surface area contributed by atoms with Crippen LogP contribution < -0.4 is 15.0 Å². The van der Waals surface area contributed by atoms with Gasteiger partial charge in [0.25, 0.3) is 0 Å². The number of methoxy groups -OCH3 is 1. The maximum Gasteiger partial charge on any atom is 0.227 e. The Morgan fingerprint density at radius 3 is 2.70 bits per heavy atom. The molecule has 7 nitrogen and oxygen atoms in total. The maximum atomic E-state index is 12.5. The molecule has 0 spiro atoms. The number of likely N-dealkylation sites (tertiary alicyclic amines) is 1. The number of carbonyl (C=O) groups excluding carboxylic acids is 3. The Morgan fingerprint density at radius 2 is 2.00 bits per heavy atom. The SMILES string of the molecule is COc1ccc(C)cc1N1C[C@H](C(=O)NCCC(=O)N2CCCC2)CC1=O. The quantitative estimate of drug-likeness (QED) is 0.819. The standard InChI is InChI=1S/C20H27N3O4/c1-14-5-6-17(27-2)16(11-14)23-13-15(12-19(23)25)20(26)21-8-7-18(24)22-9-3-4-10-22/h5-6,11,15H,3-4,7-10,12-13H2,1-2H3,(H,21,26)/t15-/m1/s1. The first kappa shape index (κ1) is 19.2. The molecular weight excluding hydrogens is 346 g/mol. The highest BCUT2D eigenvalue weighted by atomic mass is 16.5. The van der Waals surface area contributed by atoms with E-state index >= 15 is 0 Å². The second kappa shape index (κ2) is 8.41. The predicted octanol–water partition coefficient (Wildman–Crippen LogP) is 1.49. The largest absolute Gasteiger partial charge is 0.495 e. The molecule has 3 amide bonds. The smallest absolute Gasteiger partial charge is 0.227 e. The van der Waals surface area contributed by atoms with Crippen molar-refractivity contribution >= 4 is 23.4 Å². The highest BCUT2D eigenvalue weighted by Gasteiger charge is 2.36. The van der Waals surface area contributed by atoms with E-state index in [1.165, 1.54) is 0 Å². The van der Waals surface area contributed by atoms with Crippen molar-refractivity contribution in [2.24, 2.45) is 5.92 Å². The molecule has 1 aromatic rings. The molecule has 2 aliphatic heterocycles. The number of hydrogen-bond acceptors (Lipinski definition) is 4. The van der Waals surface area contributed by atoms with E-state index in [1.54, 1.807) is 12.0 Å². The summed E-state index contributed by atoms with van der Waals surface area (Å²) >= 11 is 0. The monoisotopic (exact) mass is 373 g/mol. The van der Waals surface area contributed by atoms with Crippen LogP contribution in [0.15, 0.2) is 18.2 Å². The van der Waals surface area contributed by atoms with Gasteiger partial charge in [0.2, 0.25) is 17.7 Å². The van der Waals surface area contributed by atoms with Gasteiger partial charge >= 0.3 is 0 Å². The third-order valence-electron chi connectivity index (χ3n) is 5.22. The summed E-state index contributed by atoms with van der Waals surface area (Å²) in [5.41, 5.74) is 1.72. The molecule has 27 heavy (non-hydrogen) atoms. The molecule has 2 heterocycles. The number of anilines is 1. The number of nitrogens with zero attached hydrogens (tertiary/aromatic N) is 2. The predicted molar refractivity (Wildman–Crippen MR) is 102 cm³/mol. The average molecular weight is 373 g/mol. The Hall–Kier alpha value is -2.57. The molecule has 2 fully saturated rings. The van der Waals surface area contributed by atoms with Gasteiger partial charge in [-0.2, -0.15) is 0 Å². The van der Waals surface area contributed by atoms with Crippen LogP contribution in [0.1, 0.15) is 31.2 Å². The summed E-state index contributed by atoms with van der Waals surface area (Å²) in [5, 5.41) is 2.81. The number of ether oxygens (including phenoxy) is 1. The first-order chi connectivity index (χ1) is 13.0. The normalized spacial score (nSPS) is 19.5. The van der Waals surface area contributed by atoms with Gasteiger partial charge in [-0.15, -0.1) is 0 Å². The van der Waals surface area contributed by atoms with E-state index in [0.29, 0.717) is 30.9 Å². The average Bonchev–Trinajstić information content (AvgIpc) is 3.31. The molecule has 7 heteroatoms. The van der Waals surface area contributed by atoms with Crippen LogP contribution in [-0.2, 0) is 14.4 Å². The molecule has 1 atom stereocenters. The fourth-order valence-corrected chi connectivity index (χ4v) is 3.69. The van der Waals surface area contributed by atoms with E-state index in [0.717, 1.165) is 31.5 Å². The lowest BCUT2D eigenvalue weighted by Gasteiger charge is -2.20. The zero-order valence-electron chi connectivity index (χ0n) is 16.0. The molecule has 0 aliphatic carbocycles. The Labute approximate surface area is 159 Å². The molecule has 0 unspecified atom stereocenters. The van der Waals surface area contributed by atoms with Gasteiger partial charge in [-0.3, -0.25) is 14.4 Å². The van der Waals surface area contributed by atoms with Crippen molar-refractivity contribution in [3.8, 4) is 5.75 Å². The summed E-state index contributed by atoms with van der Waals surface area (Å²) < 4.78 is 5.36. The second-order valence-electron chi connectivity index (χ2n) is 7.21. The lowest BCUT2D eigenvalue weighted by Crippen LogP contribution is -2.36. The van der Waals surface area contributed by atoms with Crippen LogP contribution >= 0.6 is 0 Å². The zero-order chi connectivity index (χ0) is 19.4. The Kier molecular flexibility index (Phi) is 5.98. The van der Waals surface area contributed by atoms with Crippen molar-refractivity contribution in [3.05, 3.63) is 23.8 Å². The van der Waals surface area contributed by atoms with Crippen molar-refractivity contribution in [2.45, 2.75) is 32.6 Å². The number of rotatable bonds is 6. The fraction of sp³-hybridized carbons (Fsp3) is 0.550. The van der Waals surface area contributed by atoms with E-state index in [1.807, 2.05) is 30.0 Å². The van der Waals surface area contributed by atoms with Crippen LogP contribution in [-0.4, -0.2) is 55.9 Å². The first-order valence-corrected chi connectivity index (χ1v) is 9.50. The van der Waals surface area contributed by atoms with Gasteiger partial charge in [-0.25, -0.2) is 0 Å². The van der Waals surface area contributed by atoms with Crippen molar-refractivity contribution in [1.29, 1.82) is 0 Å². The summed E-state index contributed by atoms with van der Waals surface area (Å²) in [6.45, 7) is 4.22. The molecule has 0 aromatic heterocycles. The lowest BCUT2D eigenvalue weighted by molar-refractivity contribution is -0.130. The minimum atomic E-state index is -0.412. The molecule has 0 saturated carbocycles. The first-order valence-electron chi connectivity index (χ1n) is 9.50. The highest BCUT2D eigenvalue weighted by Crippen LogP contribution is 2.33. The maximum absolute atomic E-state index is 12.5. The van der Waals surface area contributed by atoms with E-state index < -0.39 is 5.92 Å². The van der Waals surface area contributed by atoms with Gasteiger partial charge in [-0.1, -0.05) is 6.07 Å². The Bertz CT molecular complexity index is 728. The van der Waals surface area contributed by atoms with Crippen LogP contribution in [0.5, 0.6) is 5.75 Å². The highest BCUT2D eigenvalue weighted by molar-refractivity contribution is 6.01. The van der Waals surface area contributed by atoms with Crippen molar-refractivity contribution in [1.82, 2.24) is 10.2 Å². The van der Waals surface area contributed by atoms with E-state index in [-0.39, 0.29) is 24.1 Å². The minimum absolute atomic E-state index is 0.0846. The topological polar surface area (TPSA) is 79.0 Å². The molecule has 146 valence electrons. The third kappa shape index (κ3) is 4.40. The fourth-order valence-electron chi connectivity index (χ4n) is 3.69. The van der Waals surface area contributed by atoms with Crippen LogP contribution in [0.2, 0.25) is 0 Å². The molecular formula is C20H27N3O4. The zero-order valence-corrected chi connectivity index (χ0v) is 16.0. The summed E-state index contributed by atoms with van der Waals surface area (Å²) in [6.07, 6.45) is 2.59. The lowest BCUT2D eigenvalue weighted by atomic mass is 10.1. The van der Waals surface area contributed by atoms with Crippen LogP contribution in [0.25, 0.3) is 0 Å². The molecule has 0 radical (unpaired) electrons. The molecule has 2 aliphatic rings. The van der Waals surface area contributed by atoms with Gasteiger partial charge in [0.15, 0.2) is 0 Å². The molecule has 3 rings (SSSR count). The van der Waals surface area contributed by atoms with Gasteiger partial charge in [0.05, 0.1) is 18.7 Å². The van der Waals surface area contributed by atoms with Crippen LogP contribution in [0.3, 0.4) is 0 Å². The second-order valence-corrected chi connectivity index (χ2v) is 7.21. The molecule has 1 aromatic carbocycles. The van der Waals surface area contributed by atoms with Gasteiger partial charge in [-0.05, 0) is 37.5 Å². The van der Waals surface area contributed by atoms with Gasteiger partial charge in [0.1, 0.15) is 5.75 Å². The third-order valence-corrected chi connectivity index (χ3v) is 5.22. The minimum Gasteiger partial charge on any atom is -0.495 e. The van der Waals surface area contributed by atoms with Crippen LogP contribution in [0, 0.1) is 12.8 Å². The number of nitrogens with one attached hydrogen (secondary N) is 1. The Balaban J connectivity index is 1.54.